The van der Waals surface area contributed by atoms with Crippen LogP contribution in [0.15, 0.2) is 24.5 Å². The number of hydrogen-bond donors (Lipinski definition) is 1. The summed E-state index contributed by atoms with van der Waals surface area (Å²) in [5.41, 5.74) is 1.18. The highest BCUT2D eigenvalue weighted by atomic mass is 16.5. The molecule has 0 spiro atoms. The van der Waals surface area contributed by atoms with Crippen molar-refractivity contribution in [1.29, 1.82) is 0 Å². The molecule has 1 aliphatic rings. The molecule has 0 atom stereocenters. The van der Waals surface area contributed by atoms with Crippen LogP contribution in [0.1, 0.15) is 12.8 Å². The van der Waals surface area contributed by atoms with Crippen LogP contribution in [0.25, 0.3) is 0 Å². The molecule has 0 unspecified atom stereocenters. The van der Waals surface area contributed by atoms with Gasteiger partial charge in [0.2, 0.25) is 0 Å². The molecule has 2 rings (SSSR count). The summed E-state index contributed by atoms with van der Waals surface area (Å²) >= 11 is 0. The molecule has 1 aliphatic heterocycles. The molecule has 1 saturated heterocycles. The second-order valence-corrected chi connectivity index (χ2v) is 4.51. The normalized spacial score (nSPS) is 16.4. The average Bonchev–Trinajstić information content (AvgIpc) is 2.46. The fourth-order valence-corrected chi connectivity index (χ4v) is 2.24. The third-order valence-electron chi connectivity index (χ3n) is 3.35. The first kappa shape index (κ1) is 12.7. The number of pyridine rings is 1. The van der Waals surface area contributed by atoms with Crippen LogP contribution in [0, 0.1) is 5.92 Å². The summed E-state index contributed by atoms with van der Waals surface area (Å²) < 4.78 is 4.56. The standard InChI is InChI=1S/C13H19N3O2/c1-18-13(17)15-9-11-4-7-16(8-5-11)12-3-2-6-14-10-12/h2-3,6,10-11H,4-5,7-9H2,1H3,(H,15,17). The molecule has 1 amide bonds. The minimum absolute atomic E-state index is 0.343. The number of nitrogens with zero attached hydrogens (tertiary/aromatic N) is 2. The maximum atomic E-state index is 11.0. The van der Waals surface area contributed by atoms with E-state index < -0.39 is 0 Å². The van der Waals surface area contributed by atoms with E-state index in [-0.39, 0.29) is 6.09 Å². The van der Waals surface area contributed by atoms with E-state index in [4.69, 9.17) is 0 Å². The van der Waals surface area contributed by atoms with Crippen molar-refractivity contribution in [2.75, 3.05) is 31.6 Å². The van der Waals surface area contributed by atoms with Gasteiger partial charge in [0.15, 0.2) is 0 Å². The summed E-state index contributed by atoms with van der Waals surface area (Å²) in [5.74, 6) is 0.539. The molecule has 1 N–H and O–H groups in total. The lowest BCUT2D eigenvalue weighted by molar-refractivity contribution is 0.168. The molecule has 0 bridgehead atoms. The molecular formula is C13H19N3O2. The van der Waals surface area contributed by atoms with E-state index >= 15 is 0 Å². The Kier molecular flexibility index (Phi) is 4.39. The van der Waals surface area contributed by atoms with Crippen LogP contribution < -0.4 is 10.2 Å². The SMILES string of the molecule is COC(=O)NCC1CCN(c2cccnc2)CC1. The molecule has 5 nitrogen and oxygen atoms in total. The van der Waals surface area contributed by atoms with Gasteiger partial charge >= 0.3 is 6.09 Å². The molecule has 18 heavy (non-hydrogen) atoms. The number of nitrogens with one attached hydrogen (secondary N) is 1. The van der Waals surface area contributed by atoms with Crippen LogP contribution in [0.2, 0.25) is 0 Å². The Morgan fingerprint density at radius 2 is 2.33 bits per heavy atom. The van der Waals surface area contributed by atoms with E-state index in [2.05, 4.69) is 26.0 Å². The summed E-state index contributed by atoms with van der Waals surface area (Å²) in [5, 5.41) is 2.76. The Morgan fingerprint density at radius 1 is 1.56 bits per heavy atom. The fourth-order valence-electron chi connectivity index (χ4n) is 2.24. The van der Waals surface area contributed by atoms with Crippen molar-refractivity contribution in [2.45, 2.75) is 12.8 Å². The van der Waals surface area contributed by atoms with Gasteiger partial charge < -0.3 is 15.0 Å². The van der Waals surface area contributed by atoms with Crippen molar-refractivity contribution in [3.05, 3.63) is 24.5 Å². The number of amides is 1. The molecule has 1 aromatic heterocycles. The highest BCUT2D eigenvalue weighted by Crippen LogP contribution is 2.21. The summed E-state index contributed by atoms with van der Waals surface area (Å²) in [6.07, 6.45) is 5.51. The Bertz CT molecular complexity index is 375. The molecule has 1 aromatic rings. The Labute approximate surface area is 107 Å². The largest absolute Gasteiger partial charge is 0.453 e. The van der Waals surface area contributed by atoms with Gasteiger partial charge in [-0.2, -0.15) is 0 Å². The van der Waals surface area contributed by atoms with Gasteiger partial charge in [-0.25, -0.2) is 4.79 Å². The number of carbonyl (C=O) groups excluding carboxylic acids is 1. The summed E-state index contributed by atoms with van der Waals surface area (Å²) in [4.78, 5) is 17.5. The monoisotopic (exact) mass is 249 g/mol. The van der Waals surface area contributed by atoms with Crippen LogP contribution in [0.3, 0.4) is 0 Å². The van der Waals surface area contributed by atoms with Crippen molar-refractivity contribution in [1.82, 2.24) is 10.3 Å². The van der Waals surface area contributed by atoms with Gasteiger partial charge in [-0.15, -0.1) is 0 Å². The van der Waals surface area contributed by atoms with Gasteiger partial charge in [-0.05, 0) is 30.9 Å². The third kappa shape index (κ3) is 3.35. The van der Waals surface area contributed by atoms with Crippen LogP contribution in [0.4, 0.5) is 10.5 Å². The van der Waals surface area contributed by atoms with Gasteiger partial charge in [0, 0.05) is 25.8 Å². The lowest BCUT2D eigenvalue weighted by Gasteiger charge is -2.33. The number of anilines is 1. The molecule has 98 valence electrons. The zero-order valence-corrected chi connectivity index (χ0v) is 10.6. The number of aromatic nitrogens is 1. The maximum Gasteiger partial charge on any atom is 0.406 e. The molecule has 0 radical (unpaired) electrons. The van der Waals surface area contributed by atoms with E-state index in [1.165, 1.54) is 12.8 Å². The van der Waals surface area contributed by atoms with Crippen LogP contribution in [0.5, 0.6) is 0 Å². The quantitative estimate of drug-likeness (QED) is 0.885. The summed E-state index contributed by atoms with van der Waals surface area (Å²) in [6, 6.07) is 4.04. The first-order valence-corrected chi connectivity index (χ1v) is 6.26. The second kappa shape index (κ2) is 6.23. The molecular weight excluding hydrogens is 230 g/mol. The van der Waals surface area contributed by atoms with Crippen LogP contribution in [-0.2, 0) is 4.74 Å². The molecule has 0 aliphatic carbocycles. The molecule has 2 heterocycles. The van der Waals surface area contributed by atoms with Gasteiger partial charge in [-0.1, -0.05) is 0 Å². The number of piperidine rings is 1. The predicted molar refractivity (Wildman–Crippen MR) is 69.6 cm³/mol. The number of alkyl carbamates (subject to hydrolysis) is 1. The lowest BCUT2D eigenvalue weighted by atomic mass is 9.96. The Hall–Kier alpha value is -1.78. The molecule has 5 heteroatoms. The second-order valence-electron chi connectivity index (χ2n) is 4.51. The van der Waals surface area contributed by atoms with Gasteiger partial charge in [-0.3, -0.25) is 4.98 Å². The van der Waals surface area contributed by atoms with Crippen molar-refractivity contribution in [3.8, 4) is 0 Å². The van der Waals surface area contributed by atoms with Crippen molar-refractivity contribution >= 4 is 11.8 Å². The highest BCUT2D eigenvalue weighted by Gasteiger charge is 2.19. The first-order chi connectivity index (χ1) is 8.79. The van der Waals surface area contributed by atoms with E-state index in [0.717, 1.165) is 25.9 Å². The Morgan fingerprint density at radius 3 is 2.94 bits per heavy atom. The van der Waals surface area contributed by atoms with E-state index in [1.54, 1.807) is 6.20 Å². The number of rotatable bonds is 3. The van der Waals surface area contributed by atoms with Crippen LogP contribution in [-0.4, -0.2) is 37.8 Å². The fraction of sp³-hybridized carbons (Fsp3) is 0.538. The highest BCUT2D eigenvalue weighted by molar-refractivity contribution is 5.66. The van der Waals surface area contributed by atoms with Gasteiger partial charge in [0.1, 0.15) is 0 Å². The summed E-state index contributed by atoms with van der Waals surface area (Å²) in [6.45, 7) is 2.73. The minimum Gasteiger partial charge on any atom is -0.453 e. The number of carbonyl (C=O) groups is 1. The number of methoxy groups -OCH3 is 1. The number of hydrogen-bond acceptors (Lipinski definition) is 4. The zero-order valence-electron chi connectivity index (χ0n) is 10.6. The lowest BCUT2D eigenvalue weighted by Crippen LogP contribution is -2.38. The maximum absolute atomic E-state index is 11.0. The molecule has 0 aromatic carbocycles. The Balaban J connectivity index is 1.76. The van der Waals surface area contributed by atoms with Crippen molar-refractivity contribution < 1.29 is 9.53 Å². The van der Waals surface area contributed by atoms with Gasteiger partial charge in [0.05, 0.1) is 19.0 Å². The van der Waals surface area contributed by atoms with Crippen LogP contribution >= 0.6 is 0 Å². The van der Waals surface area contributed by atoms with Crippen molar-refractivity contribution in [3.63, 3.8) is 0 Å². The van der Waals surface area contributed by atoms with E-state index in [0.29, 0.717) is 12.5 Å². The number of ether oxygens (including phenoxy) is 1. The topological polar surface area (TPSA) is 54.5 Å². The third-order valence-corrected chi connectivity index (χ3v) is 3.35. The van der Waals surface area contributed by atoms with Gasteiger partial charge in [0.25, 0.3) is 0 Å². The van der Waals surface area contributed by atoms with E-state index in [1.807, 2.05) is 12.3 Å². The minimum atomic E-state index is -0.343. The van der Waals surface area contributed by atoms with E-state index in [9.17, 15) is 4.79 Å². The smallest absolute Gasteiger partial charge is 0.406 e. The summed E-state index contributed by atoms with van der Waals surface area (Å²) in [7, 11) is 1.39. The molecule has 0 saturated carbocycles. The average molecular weight is 249 g/mol. The predicted octanol–water partition coefficient (Wildman–Crippen LogP) is 1.65. The van der Waals surface area contributed by atoms with Crippen molar-refractivity contribution in [2.24, 2.45) is 5.92 Å². The zero-order chi connectivity index (χ0) is 12.8. The molecule has 1 fully saturated rings. The first-order valence-electron chi connectivity index (χ1n) is 6.26.